The van der Waals surface area contributed by atoms with E-state index in [-0.39, 0.29) is 6.61 Å². The van der Waals surface area contributed by atoms with Gasteiger partial charge in [0.15, 0.2) is 11.5 Å². The molecule has 0 fully saturated rings. The third kappa shape index (κ3) is 4.57. The van der Waals surface area contributed by atoms with Gasteiger partial charge in [0, 0.05) is 11.6 Å². The number of hydrogen-bond acceptors (Lipinski definition) is 4. The zero-order valence-electron chi connectivity index (χ0n) is 12.9. The molecule has 0 aromatic heterocycles. The van der Waals surface area contributed by atoms with E-state index >= 15 is 0 Å². The molecular formula is C18H17FO4. The van der Waals surface area contributed by atoms with Crippen molar-refractivity contribution < 1.29 is 23.4 Å². The maximum Gasteiger partial charge on any atom is 0.331 e. The number of carbonyl (C=O) groups excluding carboxylic acids is 1. The largest absolute Gasteiger partial charge is 0.493 e. The molecule has 4 nitrogen and oxygen atoms in total. The third-order valence-electron chi connectivity index (χ3n) is 3.15. The minimum absolute atomic E-state index is 0.109. The van der Waals surface area contributed by atoms with Crippen LogP contribution in [0, 0.1) is 5.82 Å². The van der Waals surface area contributed by atoms with Crippen LogP contribution in [-0.4, -0.2) is 20.2 Å². The second kappa shape index (κ2) is 7.98. The lowest BCUT2D eigenvalue weighted by Crippen LogP contribution is -2.02. The topological polar surface area (TPSA) is 44.8 Å². The Morgan fingerprint density at radius 2 is 1.83 bits per heavy atom. The molecule has 0 aliphatic carbocycles. The second-order valence-electron chi connectivity index (χ2n) is 4.65. The van der Waals surface area contributed by atoms with Crippen LogP contribution >= 0.6 is 0 Å². The Morgan fingerprint density at radius 1 is 1.09 bits per heavy atom. The number of halogens is 1. The fraction of sp³-hybridized carbons (Fsp3) is 0.167. The van der Waals surface area contributed by atoms with Gasteiger partial charge >= 0.3 is 5.97 Å². The first-order valence-electron chi connectivity index (χ1n) is 6.94. The number of methoxy groups -OCH3 is 2. The summed E-state index contributed by atoms with van der Waals surface area (Å²) in [4.78, 5) is 11.7. The summed E-state index contributed by atoms with van der Waals surface area (Å²) in [6, 6.07) is 11.4. The second-order valence-corrected chi connectivity index (χ2v) is 4.65. The molecule has 2 aromatic rings. The SMILES string of the molecule is COc1ccc(C=CC(=O)OCc2ccccc2F)cc1OC. The van der Waals surface area contributed by atoms with Gasteiger partial charge in [0.1, 0.15) is 12.4 Å². The average molecular weight is 316 g/mol. The summed E-state index contributed by atoms with van der Waals surface area (Å²) in [5.74, 6) is 0.216. The first-order chi connectivity index (χ1) is 11.1. The van der Waals surface area contributed by atoms with Gasteiger partial charge in [0.05, 0.1) is 14.2 Å². The van der Waals surface area contributed by atoms with E-state index in [1.807, 2.05) is 0 Å². The minimum Gasteiger partial charge on any atom is -0.493 e. The number of esters is 1. The van der Waals surface area contributed by atoms with E-state index in [9.17, 15) is 9.18 Å². The van der Waals surface area contributed by atoms with E-state index in [4.69, 9.17) is 14.2 Å². The van der Waals surface area contributed by atoms with Crippen LogP contribution in [0.1, 0.15) is 11.1 Å². The van der Waals surface area contributed by atoms with Gasteiger partial charge in [-0.15, -0.1) is 0 Å². The molecule has 0 heterocycles. The number of rotatable bonds is 6. The predicted molar refractivity (Wildman–Crippen MR) is 84.8 cm³/mol. The molecule has 0 radical (unpaired) electrons. The van der Waals surface area contributed by atoms with Gasteiger partial charge < -0.3 is 14.2 Å². The lowest BCUT2D eigenvalue weighted by Gasteiger charge is -2.07. The number of carbonyl (C=O) groups is 1. The molecule has 2 aromatic carbocycles. The van der Waals surface area contributed by atoms with Crippen LogP contribution in [0.15, 0.2) is 48.5 Å². The minimum atomic E-state index is -0.553. The van der Waals surface area contributed by atoms with Crippen molar-refractivity contribution in [3.05, 3.63) is 65.5 Å². The molecule has 2 rings (SSSR count). The molecule has 0 saturated heterocycles. The maximum absolute atomic E-state index is 13.4. The Morgan fingerprint density at radius 3 is 2.52 bits per heavy atom. The lowest BCUT2D eigenvalue weighted by atomic mass is 10.2. The summed E-state index contributed by atoms with van der Waals surface area (Å²) < 4.78 is 28.7. The van der Waals surface area contributed by atoms with Crippen molar-refractivity contribution in [3.63, 3.8) is 0 Å². The van der Waals surface area contributed by atoms with Gasteiger partial charge in [-0.05, 0) is 29.8 Å². The fourth-order valence-electron chi connectivity index (χ4n) is 1.93. The maximum atomic E-state index is 13.4. The highest BCUT2D eigenvalue weighted by Gasteiger charge is 2.05. The highest BCUT2D eigenvalue weighted by Crippen LogP contribution is 2.27. The number of ether oxygens (including phenoxy) is 3. The molecule has 0 spiro atoms. The summed E-state index contributed by atoms with van der Waals surface area (Å²) in [6.45, 7) is -0.109. The summed E-state index contributed by atoms with van der Waals surface area (Å²) in [5, 5.41) is 0. The van der Waals surface area contributed by atoms with E-state index < -0.39 is 11.8 Å². The van der Waals surface area contributed by atoms with Crippen molar-refractivity contribution in [2.45, 2.75) is 6.61 Å². The smallest absolute Gasteiger partial charge is 0.331 e. The van der Waals surface area contributed by atoms with Gasteiger partial charge in [0.2, 0.25) is 0 Å². The van der Waals surface area contributed by atoms with Crippen molar-refractivity contribution >= 4 is 12.0 Å². The van der Waals surface area contributed by atoms with Gasteiger partial charge in [-0.3, -0.25) is 0 Å². The van der Waals surface area contributed by atoms with Crippen LogP contribution in [0.4, 0.5) is 4.39 Å². The van der Waals surface area contributed by atoms with Crippen LogP contribution in [0.2, 0.25) is 0 Å². The quantitative estimate of drug-likeness (QED) is 0.603. The summed E-state index contributed by atoms with van der Waals surface area (Å²) in [7, 11) is 3.08. The van der Waals surface area contributed by atoms with Gasteiger partial charge in [0.25, 0.3) is 0 Å². The molecule has 0 aliphatic heterocycles. The lowest BCUT2D eigenvalue weighted by molar-refractivity contribution is -0.138. The molecule has 120 valence electrons. The molecule has 23 heavy (non-hydrogen) atoms. The van der Waals surface area contributed by atoms with Gasteiger partial charge in [-0.2, -0.15) is 0 Å². The molecule has 0 unspecified atom stereocenters. The van der Waals surface area contributed by atoms with Crippen molar-refractivity contribution in [3.8, 4) is 11.5 Å². The van der Waals surface area contributed by atoms with Gasteiger partial charge in [-0.1, -0.05) is 24.3 Å². The van der Waals surface area contributed by atoms with Gasteiger partial charge in [-0.25, -0.2) is 9.18 Å². The third-order valence-corrected chi connectivity index (χ3v) is 3.15. The number of hydrogen-bond donors (Lipinski definition) is 0. The molecule has 5 heteroatoms. The highest BCUT2D eigenvalue weighted by atomic mass is 19.1. The zero-order chi connectivity index (χ0) is 16.7. The van der Waals surface area contributed by atoms with Crippen LogP contribution in [0.3, 0.4) is 0 Å². The molecule has 0 atom stereocenters. The summed E-state index contributed by atoms with van der Waals surface area (Å²) >= 11 is 0. The monoisotopic (exact) mass is 316 g/mol. The van der Waals surface area contributed by atoms with Crippen molar-refractivity contribution in [1.29, 1.82) is 0 Å². The Kier molecular flexibility index (Phi) is 5.74. The normalized spacial score (nSPS) is 10.6. The molecule has 0 bridgehead atoms. The number of benzene rings is 2. The molecular weight excluding hydrogens is 299 g/mol. The Hall–Kier alpha value is -2.82. The predicted octanol–water partition coefficient (Wildman–Crippen LogP) is 3.60. The Bertz CT molecular complexity index is 710. The van der Waals surface area contributed by atoms with Crippen molar-refractivity contribution in [1.82, 2.24) is 0 Å². The molecule has 0 aliphatic rings. The Labute approximate surface area is 134 Å². The Balaban J connectivity index is 1.97. The van der Waals surface area contributed by atoms with E-state index in [0.29, 0.717) is 17.1 Å². The van der Waals surface area contributed by atoms with E-state index in [0.717, 1.165) is 5.56 Å². The zero-order valence-corrected chi connectivity index (χ0v) is 12.9. The van der Waals surface area contributed by atoms with Crippen LogP contribution in [0.25, 0.3) is 6.08 Å². The van der Waals surface area contributed by atoms with Crippen LogP contribution in [0.5, 0.6) is 11.5 Å². The highest BCUT2D eigenvalue weighted by molar-refractivity contribution is 5.87. The van der Waals surface area contributed by atoms with E-state index in [1.54, 1.807) is 49.6 Å². The molecule has 0 amide bonds. The first kappa shape index (κ1) is 16.5. The van der Waals surface area contributed by atoms with Crippen molar-refractivity contribution in [2.75, 3.05) is 14.2 Å². The fourth-order valence-corrected chi connectivity index (χ4v) is 1.93. The summed E-state index contributed by atoms with van der Waals surface area (Å²) in [5.41, 5.74) is 1.09. The van der Waals surface area contributed by atoms with Crippen molar-refractivity contribution in [2.24, 2.45) is 0 Å². The molecule has 0 saturated carbocycles. The first-order valence-corrected chi connectivity index (χ1v) is 6.94. The summed E-state index contributed by atoms with van der Waals surface area (Å²) in [6.07, 6.45) is 2.87. The molecule has 0 N–H and O–H groups in total. The van der Waals surface area contributed by atoms with E-state index in [2.05, 4.69) is 0 Å². The van der Waals surface area contributed by atoms with E-state index in [1.165, 1.54) is 19.3 Å². The standard InChI is InChI=1S/C18H17FO4/c1-21-16-9-7-13(11-17(16)22-2)8-10-18(20)23-12-14-5-3-4-6-15(14)19/h3-11H,12H2,1-2H3. The van der Waals surface area contributed by atoms with Crippen LogP contribution < -0.4 is 9.47 Å². The average Bonchev–Trinajstić information content (AvgIpc) is 2.58. The van der Waals surface area contributed by atoms with Crippen LogP contribution in [-0.2, 0) is 16.1 Å².